The Morgan fingerprint density at radius 1 is 1.04 bits per heavy atom. The first-order chi connectivity index (χ1) is 12.5. The third kappa shape index (κ3) is 5.99. The predicted octanol–water partition coefficient (Wildman–Crippen LogP) is 5.43. The average molecular weight is 400 g/mol. The molecule has 0 saturated heterocycles. The maximum Gasteiger partial charge on any atom is 0.0976 e. The second-order valence-corrected chi connectivity index (χ2v) is 16.1. The van der Waals surface area contributed by atoms with Gasteiger partial charge >= 0.3 is 0 Å². The van der Waals surface area contributed by atoms with Crippen molar-refractivity contribution in [1.82, 2.24) is 4.72 Å². The van der Waals surface area contributed by atoms with Gasteiger partial charge < -0.3 is 0 Å². The second kappa shape index (κ2) is 8.68. The van der Waals surface area contributed by atoms with Gasteiger partial charge in [-0.3, -0.25) is 0 Å². The Labute approximate surface area is 168 Å². The Morgan fingerprint density at radius 3 is 2.15 bits per heavy atom. The van der Waals surface area contributed by atoms with E-state index in [1.54, 1.807) is 0 Å². The summed E-state index contributed by atoms with van der Waals surface area (Å²) >= 11 is 0. The highest BCUT2D eigenvalue weighted by atomic mass is 32.2. The molecule has 27 heavy (non-hydrogen) atoms. The molecule has 0 heterocycles. The highest BCUT2D eigenvalue weighted by molar-refractivity contribution is 7.84. The molecule has 0 bridgehead atoms. The Balaban J connectivity index is 2.34. The Morgan fingerprint density at radius 2 is 1.59 bits per heavy atom. The lowest BCUT2D eigenvalue weighted by molar-refractivity contribution is 0.604. The van der Waals surface area contributed by atoms with Crippen LogP contribution in [0.5, 0.6) is 0 Å². The van der Waals surface area contributed by atoms with Gasteiger partial charge in [0.2, 0.25) is 0 Å². The highest BCUT2D eigenvalue weighted by Crippen LogP contribution is 2.28. The largest absolute Gasteiger partial charge is 0.242 e. The zero-order valence-electron chi connectivity index (χ0n) is 17.5. The smallest absolute Gasteiger partial charge is 0.0976 e. The van der Waals surface area contributed by atoms with Gasteiger partial charge in [0, 0.05) is 6.04 Å². The summed E-state index contributed by atoms with van der Waals surface area (Å²) in [4.78, 5) is 0. The van der Waals surface area contributed by atoms with Crippen LogP contribution in [-0.4, -0.2) is 17.0 Å². The van der Waals surface area contributed by atoms with E-state index in [0.717, 1.165) is 17.6 Å². The van der Waals surface area contributed by atoms with Gasteiger partial charge in [-0.25, -0.2) is 8.93 Å². The van der Waals surface area contributed by atoms with Gasteiger partial charge in [-0.05, 0) is 43.9 Å². The van der Waals surface area contributed by atoms with E-state index in [9.17, 15) is 4.21 Å². The maximum atomic E-state index is 12.8. The van der Waals surface area contributed by atoms with Crippen LogP contribution in [0.1, 0.15) is 44.4 Å². The summed E-state index contributed by atoms with van der Waals surface area (Å²) in [7, 11) is -2.62. The second-order valence-electron chi connectivity index (χ2n) is 9.07. The van der Waals surface area contributed by atoms with Gasteiger partial charge in [0.15, 0.2) is 0 Å². The Hall–Kier alpha value is -1.49. The predicted molar refractivity (Wildman–Crippen MR) is 123 cm³/mol. The number of hydrogen-bond donors (Lipinski definition) is 1. The lowest BCUT2D eigenvalue weighted by Gasteiger charge is -2.27. The summed E-state index contributed by atoms with van der Waals surface area (Å²) in [5.74, 6) is 0. The quantitative estimate of drug-likeness (QED) is 0.618. The van der Waals surface area contributed by atoms with Crippen molar-refractivity contribution in [3.05, 3.63) is 72.3 Å². The third-order valence-corrected chi connectivity index (χ3v) is 8.24. The van der Waals surface area contributed by atoms with Gasteiger partial charge in [0.1, 0.15) is 0 Å². The molecule has 1 N–H and O–H groups in total. The van der Waals surface area contributed by atoms with E-state index >= 15 is 0 Å². The highest BCUT2D eigenvalue weighted by Gasteiger charge is 2.26. The fourth-order valence-electron chi connectivity index (χ4n) is 3.02. The van der Waals surface area contributed by atoms with Crippen LogP contribution in [0, 0.1) is 0 Å². The van der Waals surface area contributed by atoms with Crippen LogP contribution >= 0.6 is 0 Å². The molecular formula is C23H33NOSSi. The van der Waals surface area contributed by atoms with E-state index in [1.807, 2.05) is 39.0 Å². The standard InChI is InChI=1S/C23H33NOSSi/c1-18(20-15-11-12-16-22(20)27(5,6)7)17-21(19-13-9-8-10-14-19)24-26(25)23(2,3)4/h8-16,21,24H,1,17H2,2-7H3/t21-,26?/m0/s1. The molecule has 0 amide bonds. The number of nitrogens with one attached hydrogen (secondary N) is 1. The zero-order valence-corrected chi connectivity index (χ0v) is 19.3. The number of rotatable bonds is 7. The van der Waals surface area contributed by atoms with Crippen LogP contribution in [0.25, 0.3) is 5.57 Å². The molecule has 1 unspecified atom stereocenters. The molecule has 146 valence electrons. The molecule has 0 aliphatic rings. The first-order valence-electron chi connectivity index (χ1n) is 9.51. The molecule has 2 nitrogen and oxygen atoms in total. The van der Waals surface area contributed by atoms with E-state index in [0.29, 0.717) is 0 Å². The molecule has 0 fully saturated rings. The molecule has 2 aromatic rings. The normalized spacial score (nSPS) is 14.6. The molecule has 0 spiro atoms. The van der Waals surface area contributed by atoms with Crippen molar-refractivity contribution in [3.63, 3.8) is 0 Å². The number of benzene rings is 2. The molecule has 4 heteroatoms. The van der Waals surface area contributed by atoms with E-state index in [2.05, 4.69) is 67.3 Å². The topological polar surface area (TPSA) is 29.1 Å². The molecule has 0 aliphatic heterocycles. The fraction of sp³-hybridized carbons (Fsp3) is 0.391. The lowest BCUT2D eigenvalue weighted by Crippen LogP contribution is -2.40. The van der Waals surface area contributed by atoms with E-state index in [-0.39, 0.29) is 10.8 Å². The van der Waals surface area contributed by atoms with Gasteiger partial charge in [0.05, 0.1) is 23.8 Å². The molecule has 0 aromatic heterocycles. The van der Waals surface area contributed by atoms with Gasteiger partial charge in [-0.15, -0.1) is 0 Å². The Kier molecular flexibility index (Phi) is 7.01. The fourth-order valence-corrected chi connectivity index (χ4v) is 5.52. The van der Waals surface area contributed by atoms with Crippen molar-refractivity contribution in [2.24, 2.45) is 0 Å². The summed E-state index contributed by atoms with van der Waals surface area (Å²) in [6.45, 7) is 17.5. The minimum atomic E-state index is -1.47. The van der Waals surface area contributed by atoms with Crippen LogP contribution in [0.4, 0.5) is 0 Å². The van der Waals surface area contributed by atoms with Crippen LogP contribution in [0.3, 0.4) is 0 Å². The van der Waals surface area contributed by atoms with Crippen LogP contribution in [-0.2, 0) is 11.0 Å². The van der Waals surface area contributed by atoms with Crippen molar-refractivity contribution in [2.45, 2.75) is 57.6 Å². The van der Waals surface area contributed by atoms with E-state index < -0.39 is 19.1 Å². The summed E-state index contributed by atoms with van der Waals surface area (Å²) in [6, 6.07) is 18.8. The summed E-state index contributed by atoms with van der Waals surface area (Å²) in [6.07, 6.45) is 0.729. The summed E-state index contributed by atoms with van der Waals surface area (Å²) < 4.78 is 15.8. The third-order valence-electron chi connectivity index (χ3n) is 4.57. The molecule has 2 aromatic carbocycles. The van der Waals surface area contributed by atoms with Gasteiger partial charge in [-0.1, -0.05) is 86.0 Å². The van der Waals surface area contributed by atoms with E-state index in [1.165, 1.54) is 10.8 Å². The first kappa shape index (κ1) is 21.8. The molecule has 0 aliphatic carbocycles. The van der Waals surface area contributed by atoms with Crippen LogP contribution < -0.4 is 9.91 Å². The van der Waals surface area contributed by atoms with Crippen molar-refractivity contribution < 1.29 is 4.21 Å². The Bertz CT molecular complexity index is 803. The van der Waals surface area contributed by atoms with E-state index in [4.69, 9.17) is 0 Å². The molecule has 0 saturated carbocycles. The summed E-state index contributed by atoms with van der Waals surface area (Å²) in [5, 5.41) is 1.43. The van der Waals surface area contributed by atoms with Crippen LogP contribution in [0.15, 0.2) is 61.2 Å². The van der Waals surface area contributed by atoms with Gasteiger partial charge in [-0.2, -0.15) is 0 Å². The maximum absolute atomic E-state index is 12.8. The van der Waals surface area contributed by atoms with Crippen LogP contribution in [0.2, 0.25) is 19.6 Å². The lowest BCUT2D eigenvalue weighted by atomic mass is 9.96. The SMILES string of the molecule is C=C(C[C@H](NS(=O)C(C)(C)C)c1ccccc1)c1ccccc1[Si](C)(C)C. The summed E-state index contributed by atoms with van der Waals surface area (Å²) in [5.41, 5.74) is 3.49. The molecule has 0 radical (unpaired) electrons. The minimum absolute atomic E-state index is 0.0338. The number of hydrogen-bond acceptors (Lipinski definition) is 1. The van der Waals surface area contributed by atoms with Crippen molar-refractivity contribution in [1.29, 1.82) is 0 Å². The van der Waals surface area contributed by atoms with Crippen molar-refractivity contribution in [2.75, 3.05) is 0 Å². The zero-order chi connectivity index (χ0) is 20.2. The van der Waals surface area contributed by atoms with Crippen molar-refractivity contribution >= 4 is 29.8 Å². The molecule has 2 rings (SSSR count). The molecule has 2 atom stereocenters. The average Bonchev–Trinajstić information content (AvgIpc) is 2.60. The first-order valence-corrected chi connectivity index (χ1v) is 14.2. The minimum Gasteiger partial charge on any atom is -0.242 e. The van der Waals surface area contributed by atoms with Crippen molar-refractivity contribution in [3.8, 4) is 0 Å². The molecular weight excluding hydrogens is 366 g/mol. The van der Waals surface area contributed by atoms with Gasteiger partial charge in [0.25, 0.3) is 0 Å². The monoisotopic (exact) mass is 399 g/mol.